The quantitative estimate of drug-likeness (QED) is 0.145. The topological polar surface area (TPSA) is 26.3 Å². The van der Waals surface area contributed by atoms with Crippen molar-refractivity contribution in [1.29, 1.82) is 0 Å². The summed E-state index contributed by atoms with van der Waals surface area (Å²) in [5.41, 5.74) is 0. The Kier molecular flexibility index (Phi) is 12.8. The van der Waals surface area contributed by atoms with Crippen molar-refractivity contribution in [2.24, 2.45) is 0 Å². The van der Waals surface area contributed by atoms with Crippen LogP contribution in [0.3, 0.4) is 0 Å². The Balaban J connectivity index is 5.18. The van der Waals surface area contributed by atoms with Gasteiger partial charge >= 0.3 is 165 Å². The number of hydrogen-bond donors (Lipinski definition) is 0. The molecule has 0 unspecified atom stereocenters. The fourth-order valence-electron chi connectivity index (χ4n) is 2.59. The Hall–Kier alpha value is 0.956. The van der Waals surface area contributed by atoms with Gasteiger partial charge in [-0.25, -0.2) is 0 Å². The summed E-state index contributed by atoms with van der Waals surface area (Å²) in [7, 11) is -1.40. The predicted octanol–water partition coefficient (Wildman–Crippen LogP) is 7.07. The van der Waals surface area contributed by atoms with Crippen molar-refractivity contribution < 1.29 is 7.87 Å². The number of unbranched alkanes of at least 4 members (excludes halogenated alkanes) is 3. The van der Waals surface area contributed by atoms with E-state index in [4.69, 9.17) is 3.07 Å². The standard InChI is InChI=1S/C6H11IO2Si.3C4H9.Sn/c1-10(2,3)5(7)4-6(8)9;3*1-3-4-2;/h4H,1-3H3,(H,8,9);3*1,3-4H2,2H3;/q;;;;+1/p-1/b5-4+;;;;. The summed E-state index contributed by atoms with van der Waals surface area (Å²) in [5.74, 6) is -0.0315. The van der Waals surface area contributed by atoms with E-state index in [0.717, 1.165) is 0 Å². The van der Waals surface area contributed by atoms with Gasteiger partial charge in [0.25, 0.3) is 0 Å². The molecule has 0 aliphatic rings. The van der Waals surface area contributed by atoms with Crippen LogP contribution in [0.5, 0.6) is 0 Å². The molecule has 5 heteroatoms. The third kappa shape index (κ3) is 10.5. The van der Waals surface area contributed by atoms with Crippen molar-refractivity contribution in [2.75, 3.05) is 0 Å². The van der Waals surface area contributed by atoms with Crippen LogP contribution in [0.1, 0.15) is 59.3 Å². The van der Waals surface area contributed by atoms with Gasteiger partial charge in [-0.3, -0.25) is 0 Å². The molecule has 0 aromatic carbocycles. The average Bonchev–Trinajstić information content (AvgIpc) is 2.47. The molecule has 0 rings (SSSR count). The van der Waals surface area contributed by atoms with Crippen molar-refractivity contribution in [3.8, 4) is 0 Å². The first-order chi connectivity index (χ1) is 10.7. The van der Waals surface area contributed by atoms with Gasteiger partial charge in [-0.15, -0.1) is 0 Å². The van der Waals surface area contributed by atoms with Crippen LogP contribution in [0.25, 0.3) is 0 Å². The van der Waals surface area contributed by atoms with Crippen LogP contribution in [-0.2, 0) is 7.87 Å². The van der Waals surface area contributed by atoms with Crippen molar-refractivity contribution in [2.45, 2.75) is 92.2 Å². The minimum absolute atomic E-state index is 0.0315. The van der Waals surface area contributed by atoms with Gasteiger partial charge in [0.2, 0.25) is 0 Å². The van der Waals surface area contributed by atoms with E-state index < -0.39 is 26.9 Å². The zero-order valence-corrected chi connectivity index (χ0v) is 22.1. The van der Waals surface area contributed by atoms with Crippen LogP contribution in [-0.4, -0.2) is 32.8 Å². The molecule has 0 bridgehead atoms. The molecule has 0 aliphatic carbocycles. The Bertz CT molecular complexity index is 356. The van der Waals surface area contributed by atoms with Crippen LogP contribution < -0.4 is 0 Å². The fourth-order valence-corrected chi connectivity index (χ4v) is 16.3. The Labute approximate surface area is 163 Å². The van der Waals surface area contributed by atoms with Crippen molar-refractivity contribution in [1.82, 2.24) is 0 Å². The third-order valence-electron chi connectivity index (χ3n) is 4.24. The molecule has 0 heterocycles. The van der Waals surface area contributed by atoms with E-state index in [1.54, 1.807) is 0 Å². The summed E-state index contributed by atoms with van der Waals surface area (Å²) in [5, 5.41) is 0. The van der Waals surface area contributed by atoms with Gasteiger partial charge in [-0.1, -0.05) is 0 Å². The second-order valence-electron chi connectivity index (χ2n) is 7.66. The second-order valence-corrected chi connectivity index (χ2v) is 26.5. The molecule has 0 aromatic heterocycles. The molecule has 0 saturated carbocycles. The Morgan fingerprint density at radius 3 is 1.65 bits per heavy atom. The summed E-state index contributed by atoms with van der Waals surface area (Å²) in [6, 6.07) is 0. The molecule has 0 radical (unpaired) electrons. The molecule has 0 spiro atoms. The van der Waals surface area contributed by atoms with E-state index in [1.807, 2.05) is 6.08 Å². The Morgan fingerprint density at radius 1 is 0.957 bits per heavy atom. The van der Waals surface area contributed by atoms with Crippen molar-refractivity contribution >= 4 is 55.4 Å². The zero-order valence-electron chi connectivity index (χ0n) is 16.1. The normalized spacial score (nSPS) is 13.3. The van der Waals surface area contributed by atoms with E-state index >= 15 is 0 Å². The minimum atomic E-state index is -2.79. The predicted molar refractivity (Wildman–Crippen MR) is 116 cm³/mol. The molecular weight excluding hydrogens is 522 g/mol. The van der Waals surface area contributed by atoms with E-state index in [0.29, 0.717) is 0 Å². The van der Waals surface area contributed by atoms with Crippen molar-refractivity contribution in [3.63, 3.8) is 0 Å². The van der Waals surface area contributed by atoms with E-state index in [1.165, 1.54) is 55.0 Å². The van der Waals surface area contributed by atoms with E-state index in [9.17, 15) is 4.79 Å². The number of carbonyl (C=O) groups excluding carboxylic acids is 1. The third-order valence-corrected chi connectivity index (χ3v) is 23.6. The molecular formula is C18H37IO2SiSn. The van der Waals surface area contributed by atoms with Gasteiger partial charge in [0.1, 0.15) is 0 Å². The molecule has 2 nitrogen and oxygen atoms in total. The van der Waals surface area contributed by atoms with E-state index in [-0.39, 0.29) is 5.97 Å². The van der Waals surface area contributed by atoms with Crippen LogP contribution in [0.2, 0.25) is 33.0 Å². The number of halogens is 1. The molecule has 0 N–H and O–H groups in total. The summed E-state index contributed by atoms with van der Waals surface area (Å²) in [4.78, 5) is 12.6. The van der Waals surface area contributed by atoms with Crippen LogP contribution >= 0.6 is 22.6 Å². The van der Waals surface area contributed by atoms with Crippen LogP contribution in [0.15, 0.2) is 9.28 Å². The number of hydrogen-bond acceptors (Lipinski definition) is 2. The molecule has 0 saturated heterocycles. The second kappa shape index (κ2) is 12.3. The van der Waals surface area contributed by atoms with Gasteiger partial charge < -0.3 is 0 Å². The SMILES string of the molecule is CCC[CH2][Sn]([CH2]CCC)([CH2]CCC)[O]C(=O)/C=C(\I)[Si](C)(C)C. The van der Waals surface area contributed by atoms with Crippen molar-refractivity contribution in [3.05, 3.63) is 9.28 Å². The first-order valence-corrected chi connectivity index (χ1v) is 21.1. The van der Waals surface area contributed by atoms with Gasteiger partial charge in [-0.2, -0.15) is 0 Å². The van der Waals surface area contributed by atoms with Gasteiger partial charge in [0, 0.05) is 0 Å². The number of rotatable bonds is 12. The monoisotopic (exact) mass is 560 g/mol. The summed E-state index contributed by atoms with van der Waals surface area (Å²) in [6.45, 7) is 13.6. The zero-order chi connectivity index (χ0) is 17.9. The first kappa shape index (κ1) is 24.0. The van der Waals surface area contributed by atoms with E-state index in [2.05, 4.69) is 63.0 Å². The molecule has 0 atom stereocenters. The number of carbonyl (C=O) groups is 1. The first-order valence-electron chi connectivity index (χ1n) is 9.31. The summed E-state index contributed by atoms with van der Waals surface area (Å²) in [6.07, 6.45) is 9.11. The molecule has 0 aliphatic heterocycles. The van der Waals surface area contributed by atoms with Gasteiger partial charge in [0.15, 0.2) is 0 Å². The fraction of sp³-hybridized carbons (Fsp3) is 0.833. The maximum atomic E-state index is 12.6. The maximum absolute atomic E-state index is 12.6. The molecule has 0 fully saturated rings. The average molecular weight is 559 g/mol. The van der Waals surface area contributed by atoms with Crippen LogP contribution in [0.4, 0.5) is 0 Å². The molecule has 136 valence electrons. The molecule has 0 amide bonds. The van der Waals surface area contributed by atoms with Crippen LogP contribution in [0, 0.1) is 0 Å². The molecule has 23 heavy (non-hydrogen) atoms. The Morgan fingerprint density at radius 2 is 1.35 bits per heavy atom. The van der Waals surface area contributed by atoms with Gasteiger partial charge in [-0.05, 0) is 0 Å². The summed E-state index contributed by atoms with van der Waals surface area (Å²) >= 11 is -0.446. The van der Waals surface area contributed by atoms with Gasteiger partial charge in [0.05, 0.1) is 0 Å². The summed E-state index contributed by atoms with van der Waals surface area (Å²) < 4.78 is 11.2. The molecule has 0 aromatic rings.